The molecule has 0 aromatic rings. The van der Waals surface area contributed by atoms with Gasteiger partial charge >= 0.3 is 6.03 Å². The van der Waals surface area contributed by atoms with Crippen molar-refractivity contribution in [3.8, 4) is 6.07 Å². The van der Waals surface area contributed by atoms with Gasteiger partial charge in [0, 0.05) is 26.7 Å². The number of hydrogen-bond acceptors (Lipinski definition) is 2. The first kappa shape index (κ1) is 11.8. The number of hydrogen-bond donors (Lipinski definition) is 0. The third-order valence-electron chi connectivity index (χ3n) is 2.89. The van der Waals surface area contributed by atoms with Crippen LogP contribution in [0.15, 0.2) is 0 Å². The van der Waals surface area contributed by atoms with Crippen molar-refractivity contribution in [2.45, 2.75) is 32.2 Å². The van der Waals surface area contributed by atoms with Gasteiger partial charge in [-0.15, -0.1) is 0 Å². The molecule has 15 heavy (non-hydrogen) atoms. The fourth-order valence-corrected chi connectivity index (χ4v) is 1.73. The van der Waals surface area contributed by atoms with E-state index in [4.69, 9.17) is 5.26 Å². The van der Waals surface area contributed by atoms with Gasteiger partial charge in [-0.05, 0) is 25.7 Å². The summed E-state index contributed by atoms with van der Waals surface area (Å²) in [6.07, 6.45) is 2.84. The summed E-state index contributed by atoms with van der Waals surface area (Å²) in [6, 6.07) is 2.38. The van der Waals surface area contributed by atoms with Crippen molar-refractivity contribution < 1.29 is 4.79 Å². The maximum Gasteiger partial charge on any atom is 0.319 e. The second-order valence-corrected chi connectivity index (χ2v) is 4.36. The Balaban J connectivity index is 2.59. The second kappa shape index (κ2) is 5.01. The number of rotatable bonds is 4. The van der Waals surface area contributed by atoms with Gasteiger partial charge in [0.15, 0.2) is 0 Å². The summed E-state index contributed by atoms with van der Waals surface area (Å²) in [4.78, 5) is 15.3. The van der Waals surface area contributed by atoms with Crippen LogP contribution < -0.4 is 0 Å². The van der Waals surface area contributed by atoms with Gasteiger partial charge in [0.2, 0.25) is 0 Å². The van der Waals surface area contributed by atoms with Gasteiger partial charge < -0.3 is 9.80 Å². The zero-order valence-corrected chi connectivity index (χ0v) is 9.73. The highest BCUT2D eigenvalue weighted by Crippen LogP contribution is 2.35. The molecule has 0 unspecified atom stereocenters. The summed E-state index contributed by atoms with van der Waals surface area (Å²) in [5.74, 6) is 0.646. The monoisotopic (exact) mass is 209 g/mol. The Morgan fingerprint density at radius 2 is 2.13 bits per heavy atom. The van der Waals surface area contributed by atoms with E-state index in [-0.39, 0.29) is 12.1 Å². The highest BCUT2D eigenvalue weighted by atomic mass is 16.2. The van der Waals surface area contributed by atoms with Crippen molar-refractivity contribution in [2.24, 2.45) is 5.92 Å². The van der Waals surface area contributed by atoms with Crippen molar-refractivity contribution in [2.75, 3.05) is 20.6 Å². The number of amides is 2. The highest BCUT2D eigenvalue weighted by Gasteiger charge is 2.34. The van der Waals surface area contributed by atoms with Crippen LogP contribution in [0.4, 0.5) is 4.79 Å². The lowest BCUT2D eigenvalue weighted by molar-refractivity contribution is 0.148. The van der Waals surface area contributed by atoms with Gasteiger partial charge in [0.25, 0.3) is 0 Å². The molecule has 1 aliphatic rings. The maximum atomic E-state index is 11.9. The molecule has 0 aromatic heterocycles. The Bertz CT molecular complexity index is 265. The van der Waals surface area contributed by atoms with E-state index in [0.29, 0.717) is 18.9 Å². The van der Waals surface area contributed by atoms with E-state index in [1.54, 1.807) is 19.0 Å². The van der Waals surface area contributed by atoms with Gasteiger partial charge in [-0.25, -0.2) is 4.79 Å². The standard InChI is InChI=1S/C11H19N3O/c1-9(10-5-6-10)14(8-4-7-12)11(15)13(2)3/h9-10H,4-6,8H2,1-3H3/t9-/m1/s1. The lowest BCUT2D eigenvalue weighted by Gasteiger charge is -2.31. The number of carbonyl (C=O) groups is 1. The number of urea groups is 1. The highest BCUT2D eigenvalue weighted by molar-refractivity contribution is 5.74. The lowest BCUT2D eigenvalue weighted by Crippen LogP contribution is -2.45. The molecule has 1 fully saturated rings. The molecule has 0 saturated heterocycles. The average molecular weight is 209 g/mol. The van der Waals surface area contributed by atoms with Crippen LogP contribution in [-0.4, -0.2) is 42.5 Å². The predicted octanol–water partition coefficient (Wildman–Crippen LogP) is 1.68. The van der Waals surface area contributed by atoms with E-state index in [1.165, 1.54) is 12.8 Å². The normalized spacial score (nSPS) is 16.7. The van der Waals surface area contributed by atoms with Crippen molar-refractivity contribution in [3.05, 3.63) is 0 Å². The minimum absolute atomic E-state index is 0.0182. The maximum absolute atomic E-state index is 11.9. The van der Waals surface area contributed by atoms with Crippen molar-refractivity contribution in [3.63, 3.8) is 0 Å². The van der Waals surface area contributed by atoms with E-state index < -0.39 is 0 Å². The van der Waals surface area contributed by atoms with Crippen LogP contribution in [0.2, 0.25) is 0 Å². The second-order valence-electron chi connectivity index (χ2n) is 4.36. The zero-order valence-electron chi connectivity index (χ0n) is 9.73. The first-order valence-electron chi connectivity index (χ1n) is 5.42. The van der Waals surface area contributed by atoms with Crippen LogP contribution >= 0.6 is 0 Å². The molecule has 1 saturated carbocycles. The lowest BCUT2D eigenvalue weighted by atomic mass is 10.2. The van der Waals surface area contributed by atoms with Gasteiger partial charge in [0.05, 0.1) is 12.5 Å². The van der Waals surface area contributed by atoms with E-state index in [9.17, 15) is 4.79 Å². The largest absolute Gasteiger partial charge is 0.331 e. The molecule has 0 aromatic carbocycles. The topological polar surface area (TPSA) is 47.3 Å². The van der Waals surface area contributed by atoms with Crippen LogP contribution in [0, 0.1) is 17.2 Å². The Hall–Kier alpha value is -1.24. The summed E-state index contributed by atoms with van der Waals surface area (Å²) in [7, 11) is 3.50. The fourth-order valence-electron chi connectivity index (χ4n) is 1.73. The van der Waals surface area contributed by atoms with E-state index >= 15 is 0 Å². The Labute approximate surface area is 91.5 Å². The molecule has 4 nitrogen and oxygen atoms in total. The molecule has 0 aliphatic heterocycles. The molecule has 1 rings (SSSR count). The molecule has 2 amide bonds. The average Bonchev–Trinajstić information content (AvgIpc) is 3.00. The molecule has 1 aliphatic carbocycles. The Morgan fingerprint density at radius 3 is 2.53 bits per heavy atom. The van der Waals surface area contributed by atoms with E-state index in [2.05, 4.69) is 13.0 Å². The summed E-state index contributed by atoms with van der Waals surface area (Å²) in [6.45, 7) is 2.63. The minimum Gasteiger partial charge on any atom is -0.331 e. The van der Waals surface area contributed by atoms with Crippen molar-refractivity contribution in [1.82, 2.24) is 9.80 Å². The fraction of sp³-hybridized carbons (Fsp3) is 0.818. The number of nitriles is 1. The third kappa shape index (κ3) is 3.12. The van der Waals surface area contributed by atoms with Gasteiger partial charge in [-0.2, -0.15) is 5.26 Å². The molecule has 4 heteroatoms. The van der Waals surface area contributed by atoms with Crippen LogP contribution in [0.5, 0.6) is 0 Å². The first-order valence-corrected chi connectivity index (χ1v) is 5.42. The molecule has 0 bridgehead atoms. The van der Waals surface area contributed by atoms with Crippen molar-refractivity contribution >= 4 is 6.03 Å². The Kier molecular flexibility index (Phi) is 3.96. The summed E-state index contributed by atoms with van der Waals surface area (Å²) >= 11 is 0. The molecular weight excluding hydrogens is 190 g/mol. The number of carbonyl (C=O) groups excluding carboxylic acids is 1. The molecule has 0 heterocycles. The van der Waals surface area contributed by atoms with E-state index in [1.807, 2.05) is 4.90 Å². The first-order chi connectivity index (χ1) is 7.07. The molecule has 1 atom stereocenters. The third-order valence-corrected chi connectivity index (χ3v) is 2.89. The van der Waals surface area contributed by atoms with Crippen LogP contribution in [0.3, 0.4) is 0 Å². The molecular formula is C11H19N3O. The van der Waals surface area contributed by atoms with Crippen LogP contribution in [-0.2, 0) is 0 Å². The van der Waals surface area contributed by atoms with Gasteiger partial charge in [-0.1, -0.05) is 0 Å². The van der Waals surface area contributed by atoms with Crippen molar-refractivity contribution in [1.29, 1.82) is 5.26 Å². The zero-order chi connectivity index (χ0) is 11.4. The summed E-state index contributed by atoms with van der Waals surface area (Å²) in [5, 5.41) is 8.57. The van der Waals surface area contributed by atoms with Crippen LogP contribution in [0.1, 0.15) is 26.2 Å². The number of nitrogens with zero attached hydrogens (tertiary/aromatic N) is 3. The summed E-state index contributed by atoms with van der Waals surface area (Å²) < 4.78 is 0. The van der Waals surface area contributed by atoms with E-state index in [0.717, 1.165) is 0 Å². The quantitative estimate of drug-likeness (QED) is 0.707. The smallest absolute Gasteiger partial charge is 0.319 e. The Morgan fingerprint density at radius 1 is 1.53 bits per heavy atom. The molecule has 84 valence electrons. The summed E-state index contributed by atoms with van der Waals surface area (Å²) in [5.41, 5.74) is 0. The SMILES string of the molecule is C[C@H](C1CC1)N(CCC#N)C(=O)N(C)C. The minimum atomic E-state index is 0.0182. The van der Waals surface area contributed by atoms with Crippen LogP contribution in [0.25, 0.3) is 0 Å². The predicted molar refractivity (Wildman–Crippen MR) is 58.2 cm³/mol. The molecule has 0 spiro atoms. The molecule has 0 radical (unpaired) electrons. The van der Waals surface area contributed by atoms with Gasteiger partial charge in [-0.3, -0.25) is 0 Å². The van der Waals surface area contributed by atoms with Gasteiger partial charge in [0.1, 0.15) is 0 Å². The molecule has 0 N–H and O–H groups in total.